The van der Waals surface area contributed by atoms with E-state index in [4.69, 9.17) is 15.2 Å². The lowest BCUT2D eigenvalue weighted by atomic mass is 9.87. The van der Waals surface area contributed by atoms with E-state index in [1.807, 2.05) is 0 Å². The smallest absolute Gasteiger partial charge is 0.225 e. The summed E-state index contributed by atoms with van der Waals surface area (Å²) in [4.78, 5) is 26.3. The van der Waals surface area contributed by atoms with E-state index in [-0.39, 0.29) is 37.2 Å². The predicted octanol–water partition coefficient (Wildman–Crippen LogP) is 2.26. The fourth-order valence-corrected chi connectivity index (χ4v) is 3.95. The van der Waals surface area contributed by atoms with Crippen LogP contribution in [0.1, 0.15) is 38.5 Å². The molecule has 6 nitrogen and oxygen atoms in total. The van der Waals surface area contributed by atoms with Gasteiger partial charge in [-0.3, -0.25) is 9.59 Å². The topological polar surface area (TPSA) is 81.9 Å². The van der Waals surface area contributed by atoms with Crippen molar-refractivity contribution in [2.45, 2.75) is 44.1 Å². The first-order valence-corrected chi connectivity index (χ1v) is 9.57. The van der Waals surface area contributed by atoms with Crippen LogP contribution in [0.4, 0.5) is 4.39 Å². The second kappa shape index (κ2) is 8.69. The summed E-state index contributed by atoms with van der Waals surface area (Å²) in [6, 6.07) is 5.63. The van der Waals surface area contributed by atoms with Crippen LogP contribution < -0.4 is 10.5 Å². The lowest BCUT2D eigenvalue weighted by Gasteiger charge is -2.43. The molecule has 1 saturated heterocycles. The summed E-state index contributed by atoms with van der Waals surface area (Å²) < 4.78 is 24.7. The van der Waals surface area contributed by atoms with Crippen LogP contribution >= 0.6 is 0 Å². The average Bonchev–Trinajstić information content (AvgIpc) is 2.67. The number of ether oxygens (including phenoxy) is 2. The maximum absolute atomic E-state index is 13.1. The number of carbonyl (C=O) groups excluding carboxylic acids is 2. The molecule has 0 spiro atoms. The van der Waals surface area contributed by atoms with Crippen LogP contribution in [-0.2, 0) is 14.3 Å². The van der Waals surface area contributed by atoms with Crippen molar-refractivity contribution in [1.82, 2.24) is 4.90 Å². The van der Waals surface area contributed by atoms with Gasteiger partial charge < -0.3 is 20.1 Å². The van der Waals surface area contributed by atoms with Crippen molar-refractivity contribution < 1.29 is 23.5 Å². The summed E-state index contributed by atoms with van der Waals surface area (Å²) in [5, 5.41) is 0. The third-order valence-corrected chi connectivity index (χ3v) is 5.33. The molecule has 1 aromatic rings. The Morgan fingerprint density at radius 3 is 2.59 bits per heavy atom. The van der Waals surface area contributed by atoms with E-state index in [9.17, 15) is 14.0 Å². The molecule has 1 aliphatic heterocycles. The van der Waals surface area contributed by atoms with Crippen molar-refractivity contribution in [2.75, 3.05) is 26.3 Å². The van der Waals surface area contributed by atoms with Crippen molar-refractivity contribution in [3.8, 4) is 5.75 Å². The normalized spacial score (nSPS) is 23.8. The van der Waals surface area contributed by atoms with E-state index in [2.05, 4.69) is 0 Å². The van der Waals surface area contributed by atoms with Crippen molar-refractivity contribution in [3.05, 3.63) is 30.1 Å². The quantitative estimate of drug-likeness (QED) is 0.823. The molecule has 148 valence electrons. The number of amides is 2. The van der Waals surface area contributed by atoms with Gasteiger partial charge in [-0.25, -0.2) is 4.39 Å². The number of halogens is 1. The van der Waals surface area contributed by atoms with E-state index < -0.39 is 11.5 Å². The minimum atomic E-state index is -0.983. The standard InChI is InChI=1S/C20H27FN2O4/c21-16-6-8-17(9-7-16)26-14-20(12-18(22)24)13-23(10-11-27-20)19(25)15-4-2-1-3-5-15/h6-9,15H,1-5,10-14H2,(H2,22,24)/t20-/m1/s1. The third-order valence-electron chi connectivity index (χ3n) is 5.33. The zero-order valence-corrected chi connectivity index (χ0v) is 15.5. The van der Waals surface area contributed by atoms with Gasteiger partial charge in [-0.2, -0.15) is 0 Å². The molecule has 2 fully saturated rings. The van der Waals surface area contributed by atoms with Crippen LogP contribution in [0.3, 0.4) is 0 Å². The first-order chi connectivity index (χ1) is 13.0. The fraction of sp³-hybridized carbons (Fsp3) is 0.600. The highest BCUT2D eigenvalue weighted by Crippen LogP contribution is 2.29. The van der Waals surface area contributed by atoms with Crippen LogP contribution in [0.5, 0.6) is 5.75 Å². The van der Waals surface area contributed by atoms with E-state index in [0.29, 0.717) is 18.9 Å². The monoisotopic (exact) mass is 378 g/mol. The summed E-state index contributed by atoms with van der Waals surface area (Å²) in [6.45, 7) is 1.17. The SMILES string of the molecule is NC(=O)C[C@]1(COc2ccc(F)cc2)CN(C(=O)C2CCCCC2)CCO1. The van der Waals surface area contributed by atoms with Gasteiger partial charge in [-0.1, -0.05) is 19.3 Å². The molecule has 2 aliphatic rings. The summed E-state index contributed by atoms with van der Waals surface area (Å²) in [6.07, 6.45) is 5.16. The van der Waals surface area contributed by atoms with Crippen molar-refractivity contribution in [2.24, 2.45) is 11.7 Å². The average molecular weight is 378 g/mol. The molecule has 1 heterocycles. The minimum absolute atomic E-state index is 0.0390. The molecule has 1 aromatic carbocycles. The number of morpholine rings is 1. The third kappa shape index (κ3) is 5.19. The summed E-state index contributed by atoms with van der Waals surface area (Å²) >= 11 is 0. The Hall–Kier alpha value is -2.15. The van der Waals surface area contributed by atoms with Crippen LogP contribution in [0.2, 0.25) is 0 Å². The van der Waals surface area contributed by atoms with Crippen molar-refractivity contribution >= 4 is 11.8 Å². The second-order valence-corrected chi connectivity index (χ2v) is 7.51. The Kier molecular flexibility index (Phi) is 6.31. The van der Waals surface area contributed by atoms with Crippen LogP contribution in [0.25, 0.3) is 0 Å². The molecular weight excluding hydrogens is 351 g/mol. The van der Waals surface area contributed by atoms with Gasteiger partial charge in [-0.05, 0) is 37.1 Å². The number of hydrogen-bond donors (Lipinski definition) is 1. The molecule has 2 N–H and O–H groups in total. The molecule has 0 aromatic heterocycles. The Morgan fingerprint density at radius 1 is 1.22 bits per heavy atom. The number of benzene rings is 1. The first-order valence-electron chi connectivity index (χ1n) is 9.57. The van der Waals surface area contributed by atoms with Gasteiger partial charge in [0.2, 0.25) is 11.8 Å². The second-order valence-electron chi connectivity index (χ2n) is 7.51. The number of nitrogens with zero attached hydrogens (tertiary/aromatic N) is 1. The zero-order chi connectivity index (χ0) is 19.3. The maximum atomic E-state index is 13.1. The van der Waals surface area contributed by atoms with E-state index in [1.165, 1.54) is 30.7 Å². The fourth-order valence-electron chi connectivity index (χ4n) is 3.95. The molecule has 1 atom stereocenters. The number of hydrogen-bond acceptors (Lipinski definition) is 4. The van der Waals surface area contributed by atoms with E-state index in [0.717, 1.165) is 25.7 Å². The molecule has 3 rings (SSSR count). The van der Waals surface area contributed by atoms with Gasteiger partial charge in [-0.15, -0.1) is 0 Å². The highest BCUT2D eigenvalue weighted by atomic mass is 19.1. The van der Waals surface area contributed by atoms with Crippen LogP contribution in [0, 0.1) is 11.7 Å². The van der Waals surface area contributed by atoms with Crippen molar-refractivity contribution in [3.63, 3.8) is 0 Å². The predicted molar refractivity (Wildman–Crippen MR) is 97.5 cm³/mol. The van der Waals surface area contributed by atoms with Gasteiger partial charge in [0, 0.05) is 12.5 Å². The van der Waals surface area contributed by atoms with Crippen molar-refractivity contribution in [1.29, 1.82) is 0 Å². The Morgan fingerprint density at radius 2 is 1.93 bits per heavy atom. The molecule has 27 heavy (non-hydrogen) atoms. The van der Waals surface area contributed by atoms with Gasteiger partial charge in [0.05, 0.1) is 19.6 Å². The first kappa shape index (κ1) is 19.6. The van der Waals surface area contributed by atoms with Crippen LogP contribution in [-0.4, -0.2) is 48.6 Å². The molecule has 0 unspecified atom stereocenters. The van der Waals surface area contributed by atoms with Crippen LogP contribution in [0.15, 0.2) is 24.3 Å². The minimum Gasteiger partial charge on any atom is -0.490 e. The molecule has 1 aliphatic carbocycles. The molecule has 0 bridgehead atoms. The van der Waals surface area contributed by atoms with Gasteiger partial charge >= 0.3 is 0 Å². The summed E-state index contributed by atoms with van der Waals surface area (Å²) in [7, 11) is 0. The Balaban J connectivity index is 1.69. The van der Waals surface area contributed by atoms with E-state index in [1.54, 1.807) is 4.90 Å². The number of rotatable bonds is 6. The maximum Gasteiger partial charge on any atom is 0.225 e. The number of primary amides is 1. The number of nitrogens with two attached hydrogens (primary N) is 1. The molecule has 1 saturated carbocycles. The van der Waals surface area contributed by atoms with Gasteiger partial charge in [0.15, 0.2) is 0 Å². The summed E-state index contributed by atoms with van der Waals surface area (Å²) in [5.74, 6) is -0.202. The highest BCUT2D eigenvalue weighted by molar-refractivity contribution is 5.79. The van der Waals surface area contributed by atoms with Gasteiger partial charge in [0.25, 0.3) is 0 Å². The highest BCUT2D eigenvalue weighted by Gasteiger charge is 2.42. The Bertz CT molecular complexity index is 660. The Labute approximate surface area is 158 Å². The largest absolute Gasteiger partial charge is 0.490 e. The number of carbonyl (C=O) groups is 2. The molecule has 7 heteroatoms. The van der Waals surface area contributed by atoms with E-state index >= 15 is 0 Å². The lowest BCUT2D eigenvalue weighted by molar-refractivity contribution is -0.165. The summed E-state index contributed by atoms with van der Waals surface area (Å²) in [5.41, 5.74) is 4.45. The zero-order valence-electron chi connectivity index (χ0n) is 15.5. The lowest BCUT2D eigenvalue weighted by Crippen LogP contribution is -2.58. The molecule has 2 amide bonds. The van der Waals surface area contributed by atoms with Gasteiger partial charge in [0.1, 0.15) is 23.8 Å². The molecular formula is C20H27FN2O4. The molecule has 0 radical (unpaired) electrons.